The summed E-state index contributed by atoms with van der Waals surface area (Å²) < 4.78 is 39.8. The van der Waals surface area contributed by atoms with E-state index in [-0.39, 0.29) is 12.1 Å². The van der Waals surface area contributed by atoms with E-state index in [2.05, 4.69) is 0 Å². The number of hydrogen-bond donors (Lipinski definition) is 2. The number of aliphatic hydroxyl groups excluding tert-OH is 1. The number of halogens is 3. The minimum atomic E-state index is -1.30. The summed E-state index contributed by atoms with van der Waals surface area (Å²) in [5, 5.41) is 10.2. The monoisotopic (exact) mass is 281 g/mol. The van der Waals surface area contributed by atoms with Crippen molar-refractivity contribution in [3.8, 4) is 0 Å². The van der Waals surface area contributed by atoms with Gasteiger partial charge in [-0.25, -0.2) is 13.2 Å². The fraction of sp³-hybridized carbons (Fsp3) is 0.200. The molecule has 0 bridgehead atoms. The molecule has 2 rings (SSSR count). The second-order valence-corrected chi connectivity index (χ2v) is 4.48. The summed E-state index contributed by atoms with van der Waals surface area (Å²) in [7, 11) is 0. The largest absolute Gasteiger partial charge is 0.388 e. The summed E-state index contributed by atoms with van der Waals surface area (Å²) in [6.07, 6.45) is -1.30. The molecule has 3 N–H and O–H groups in total. The molecule has 2 atom stereocenters. The van der Waals surface area contributed by atoms with E-state index in [1.807, 2.05) is 0 Å². The number of rotatable bonds is 4. The summed E-state index contributed by atoms with van der Waals surface area (Å²) in [6.45, 7) is 0.0166. The van der Waals surface area contributed by atoms with E-state index in [4.69, 9.17) is 5.73 Å². The lowest BCUT2D eigenvalue weighted by atomic mass is 9.89. The van der Waals surface area contributed by atoms with E-state index in [1.165, 1.54) is 36.4 Å². The Morgan fingerprint density at radius 3 is 2.25 bits per heavy atom. The van der Waals surface area contributed by atoms with Crippen LogP contribution in [0.5, 0.6) is 0 Å². The molecular weight excluding hydrogens is 267 g/mol. The molecule has 0 amide bonds. The SMILES string of the molecule is NCC(c1ccc(F)cc1)C(O)c1cccc(F)c1F. The Hall–Kier alpha value is -1.85. The number of aliphatic hydroxyl groups is 1. The maximum absolute atomic E-state index is 13.7. The highest BCUT2D eigenvalue weighted by Crippen LogP contribution is 2.32. The van der Waals surface area contributed by atoms with Gasteiger partial charge in [-0.05, 0) is 23.8 Å². The summed E-state index contributed by atoms with van der Waals surface area (Å²) in [4.78, 5) is 0. The molecule has 20 heavy (non-hydrogen) atoms. The van der Waals surface area contributed by atoms with E-state index in [0.717, 1.165) is 6.07 Å². The number of hydrogen-bond acceptors (Lipinski definition) is 2. The smallest absolute Gasteiger partial charge is 0.164 e. The van der Waals surface area contributed by atoms with Gasteiger partial charge in [-0.3, -0.25) is 0 Å². The fourth-order valence-electron chi connectivity index (χ4n) is 2.12. The van der Waals surface area contributed by atoms with Gasteiger partial charge in [-0.15, -0.1) is 0 Å². The van der Waals surface area contributed by atoms with Crippen molar-refractivity contribution < 1.29 is 18.3 Å². The van der Waals surface area contributed by atoms with Crippen LogP contribution in [0.4, 0.5) is 13.2 Å². The van der Waals surface area contributed by atoms with Gasteiger partial charge in [0.05, 0.1) is 6.10 Å². The van der Waals surface area contributed by atoms with Crippen molar-refractivity contribution in [2.45, 2.75) is 12.0 Å². The third-order valence-corrected chi connectivity index (χ3v) is 3.23. The lowest BCUT2D eigenvalue weighted by Crippen LogP contribution is -2.21. The summed E-state index contributed by atoms with van der Waals surface area (Å²) in [5.41, 5.74) is 6.00. The van der Waals surface area contributed by atoms with Crippen molar-refractivity contribution in [1.82, 2.24) is 0 Å². The zero-order chi connectivity index (χ0) is 14.7. The molecule has 0 aliphatic rings. The average molecular weight is 281 g/mol. The molecule has 2 nitrogen and oxygen atoms in total. The van der Waals surface area contributed by atoms with Crippen molar-refractivity contribution >= 4 is 0 Å². The Labute approximate surface area is 114 Å². The maximum Gasteiger partial charge on any atom is 0.164 e. The molecule has 0 saturated carbocycles. The predicted molar refractivity (Wildman–Crippen MR) is 69.5 cm³/mol. The summed E-state index contributed by atoms with van der Waals surface area (Å²) in [5.74, 6) is -3.19. The first-order valence-corrected chi connectivity index (χ1v) is 6.12. The van der Waals surface area contributed by atoms with Crippen LogP contribution in [0.2, 0.25) is 0 Å². The van der Waals surface area contributed by atoms with Crippen LogP contribution in [-0.4, -0.2) is 11.7 Å². The van der Waals surface area contributed by atoms with Gasteiger partial charge in [-0.2, -0.15) is 0 Å². The normalized spacial score (nSPS) is 14.1. The molecule has 106 valence electrons. The average Bonchev–Trinajstić information content (AvgIpc) is 2.44. The van der Waals surface area contributed by atoms with Gasteiger partial charge in [-0.1, -0.05) is 24.3 Å². The van der Waals surface area contributed by atoms with Crippen molar-refractivity contribution in [3.63, 3.8) is 0 Å². The van der Waals surface area contributed by atoms with Gasteiger partial charge in [0, 0.05) is 18.0 Å². The van der Waals surface area contributed by atoms with Gasteiger partial charge < -0.3 is 10.8 Å². The molecule has 2 aromatic carbocycles. The Bertz CT molecular complexity index is 586. The van der Waals surface area contributed by atoms with E-state index in [9.17, 15) is 18.3 Å². The van der Waals surface area contributed by atoms with E-state index >= 15 is 0 Å². The summed E-state index contributed by atoms with van der Waals surface area (Å²) >= 11 is 0. The highest BCUT2D eigenvalue weighted by molar-refractivity contribution is 5.28. The van der Waals surface area contributed by atoms with Crippen molar-refractivity contribution in [2.24, 2.45) is 5.73 Å². The van der Waals surface area contributed by atoms with Crippen LogP contribution in [0.15, 0.2) is 42.5 Å². The number of nitrogens with two attached hydrogens (primary N) is 1. The lowest BCUT2D eigenvalue weighted by molar-refractivity contribution is 0.142. The molecule has 0 aliphatic carbocycles. The van der Waals surface area contributed by atoms with Gasteiger partial charge >= 0.3 is 0 Å². The maximum atomic E-state index is 13.7. The molecule has 0 heterocycles. The third kappa shape index (κ3) is 2.84. The molecule has 0 fully saturated rings. The number of benzene rings is 2. The Morgan fingerprint density at radius 1 is 1.00 bits per heavy atom. The highest BCUT2D eigenvalue weighted by atomic mass is 19.2. The molecule has 0 radical (unpaired) electrons. The van der Waals surface area contributed by atoms with Crippen molar-refractivity contribution in [2.75, 3.05) is 6.54 Å². The molecule has 5 heteroatoms. The van der Waals surface area contributed by atoms with Gasteiger partial charge in [0.1, 0.15) is 5.82 Å². The molecule has 2 unspecified atom stereocenters. The second kappa shape index (κ2) is 6.07. The van der Waals surface area contributed by atoms with Crippen LogP contribution in [0.3, 0.4) is 0 Å². The van der Waals surface area contributed by atoms with Crippen LogP contribution >= 0.6 is 0 Å². The zero-order valence-electron chi connectivity index (χ0n) is 10.6. The van der Waals surface area contributed by atoms with Crippen molar-refractivity contribution in [1.29, 1.82) is 0 Å². The fourth-order valence-corrected chi connectivity index (χ4v) is 2.12. The second-order valence-electron chi connectivity index (χ2n) is 4.48. The van der Waals surface area contributed by atoms with Gasteiger partial charge in [0.15, 0.2) is 11.6 Å². The van der Waals surface area contributed by atoms with Crippen LogP contribution in [-0.2, 0) is 0 Å². The van der Waals surface area contributed by atoms with E-state index in [0.29, 0.717) is 5.56 Å². The van der Waals surface area contributed by atoms with Crippen LogP contribution in [0, 0.1) is 17.5 Å². The first-order valence-electron chi connectivity index (χ1n) is 6.12. The van der Waals surface area contributed by atoms with Gasteiger partial charge in [0.25, 0.3) is 0 Å². The lowest BCUT2D eigenvalue weighted by Gasteiger charge is -2.22. The van der Waals surface area contributed by atoms with E-state index in [1.54, 1.807) is 0 Å². The highest BCUT2D eigenvalue weighted by Gasteiger charge is 2.25. The topological polar surface area (TPSA) is 46.2 Å². The molecular formula is C15H14F3NO. The Kier molecular flexibility index (Phi) is 4.42. The Balaban J connectivity index is 2.36. The van der Waals surface area contributed by atoms with Gasteiger partial charge in [0.2, 0.25) is 0 Å². The van der Waals surface area contributed by atoms with Crippen LogP contribution in [0.25, 0.3) is 0 Å². The van der Waals surface area contributed by atoms with E-state index < -0.39 is 29.5 Å². The van der Waals surface area contributed by atoms with Crippen LogP contribution < -0.4 is 5.73 Å². The quantitative estimate of drug-likeness (QED) is 0.905. The first-order chi connectivity index (χ1) is 9.54. The molecule has 0 aliphatic heterocycles. The third-order valence-electron chi connectivity index (χ3n) is 3.23. The minimum absolute atomic E-state index is 0.0166. The molecule has 0 aromatic heterocycles. The van der Waals surface area contributed by atoms with Crippen molar-refractivity contribution in [3.05, 3.63) is 71.0 Å². The zero-order valence-corrected chi connectivity index (χ0v) is 10.6. The molecule has 2 aromatic rings. The Morgan fingerprint density at radius 2 is 1.65 bits per heavy atom. The summed E-state index contributed by atoms with van der Waals surface area (Å²) in [6, 6.07) is 8.98. The predicted octanol–water partition coefficient (Wildman–Crippen LogP) is 2.88. The van der Waals surface area contributed by atoms with Crippen LogP contribution in [0.1, 0.15) is 23.1 Å². The first kappa shape index (κ1) is 14.6. The standard InChI is InChI=1S/C15H14F3NO/c16-10-6-4-9(5-7-10)12(8-19)15(20)11-2-1-3-13(17)14(11)18/h1-7,12,15,20H,8,19H2. The molecule has 0 spiro atoms. The molecule has 0 saturated heterocycles. The minimum Gasteiger partial charge on any atom is -0.388 e.